The molecule has 1 heterocycles. The Morgan fingerprint density at radius 2 is 1.81 bits per heavy atom. The molecule has 0 saturated carbocycles. The minimum Gasteiger partial charge on any atom is -0.491 e. The predicted octanol–water partition coefficient (Wildman–Crippen LogP) is 1.83. The van der Waals surface area contributed by atoms with Crippen molar-refractivity contribution >= 4 is 0 Å². The van der Waals surface area contributed by atoms with Crippen LogP contribution in [0.2, 0.25) is 0 Å². The van der Waals surface area contributed by atoms with Gasteiger partial charge >= 0.3 is 0 Å². The molecule has 0 bridgehead atoms. The van der Waals surface area contributed by atoms with Crippen LogP contribution in [0.15, 0.2) is 24.3 Å². The monoisotopic (exact) mass is 292 g/mol. The summed E-state index contributed by atoms with van der Waals surface area (Å²) in [7, 11) is 0. The van der Waals surface area contributed by atoms with E-state index in [1.807, 2.05) is 12.1 Å². The highest BCUT2D eigenvalue weighted by atomic mass is 16.5. The van der Waals surface area contributed by atoms with Crippen LogP contribution in [0, 0.1) is 0 Å². The first-order valence-corrected chi connectivity index (χ1v) is 8.35. The Morgan fingerprint density at radius 3 is 2.38 bits per heavy atom. The maximum absolute atomic E-state index is 10.3. The third-order valence-corrected chi connectivity index (χ3v) is 4.79. The number of hydrogen-bond acceptors (Lipinski definition) is 2. The van der Waals surface area contributed by atoms with Crippen molar-refractivity contribution in [2.45, 2.75) is 64.6 Å². The number of aliphatic hydroxyl groups is 1. The van der Waals surface area contributed by atoms with Crippen LogP contribution >= 0.6 is 0 Å². The lowest BCUT2D eigenvalue weighted by Gasteiger charge is -2.36. The van der Waals surface area contributed by atoms with Gasteiger partial charge in [-0.05, 0) is 57.2 Å². The Labute approximate surface area is 128 Å². The van der Waals surface area contributed by atoms with Crippen LogP contribution in [0.4, 0.5) is 0 Å². The average molecular weight is 292 g/mol. The molecular weight excluding hydrogens is 262 g/mol. The van der Waals surface area contributed by atoms with E-state index in [4.69, 9.17) is 4.74 Å². The molecule has 118 valence electrons. The molecule has 3 nitrogen and oxygen atoms in total. The lowest BCUT2D eigenvalue weighted by molar-refractivity contribution is -0.954. The zero-order chi connectivity index (χ0) is 15.2. The summed E-state index contributed by atoms with van der Waals surface area (Å²) in [6.07, 6.45) is 4.50. The van der Waals surface area contributed by atoms with Gasteiger partial charge in [-0.2, -0.15) is 0 Å². The van der Waals surface area contributed by atoms with E-state index >= 15 is 0 Å². The molecule has 1 aliphatic rings. The van der Waals surface area contributed by atoms with Crippen LogP contribution in [0.1, 0.15) is 45.6 Å². The maximum Gasteiger partial charge on any atom is 0.137 e. The number of quaternary nitrogens is 1. The number of aryl methyl sites for hydroxylation is 1. The average Bonchev–Trinajstić information content (AvgIpc) is 2.49. The number of nitrogens with one attached hydrogen (secondary N) is 1. The molecule has 3 atom stereocenters. The van der Waals surface area contributed by atoms with Crippen LogP contribution in [-0.2, 0) is 6.42 Å². The second kappa shape index (κ2) is 7.81. The SMILES string of the molecule is CCc1ccc(OC[C@@H](O)C[NH+]2[C@@H](C)CCC[C@@H]2C)cc1. The molecule has 0 radical (unpaired) electrons. The van der Waals surface area contributed by atoms with E-state index in [1.54, 1.807) is 0 Å². The van der Waals surface area contributed by atoms with Crippen molar-refractivity contribution in [3.8, 4) is 5.75 Å². The highest BCUT2D eigenvalue weighted by Gasteiger charge is 2.30. The summed E-state index contributed by atoms with van der Waals surface area (Å²) < 4.78 is 5.72. The summed E-state index contributed by atoms with van der Waals surface area (Å²) in [6.45, 7) is 7.90. The number of piperidine rings is 1. The highest BCUT2D eigenvalue weighted by Crippen LogP contribution is 2.13. The quantitative estimate of drug-likeness (QED) is 0.839. The lowest BCUT2D eigenvalue weighted by Crippen LogP contribution is -3.20. The van der Waals surface area contributed by atoms with E-state index in [0.717, 1.165) is 18.7 Å². The van der Waals surface area contributed by atoms with Gasteiger partial charge in [-0.1, -0.05) is 19.1 Å². The van der Waals surface area contributed by atoms with Gasteiger partial charge in [-0.3, -0.25) is 0 Å². The second-order valence-electron chi connectivity index (χ2n) is 6.47. The molecule has 1 aliphatic heterocycles. The molecule has 2 rings (SSSR count). The normalized spacial score (nSPS) is 24.8. The third kappa shape index (κ3) is 4.72. The van der Waals surface area contributed by atoms with Crippen molar-refractivity contribution in [1.29, 1.82) is 0 Å². The Bertz CT molecular complexity index is 408. The standard InChI is InChI=1S/C18H29NO2/c1-4-16-8-10-18(11-9-16)21-13-17(20)12-19-14(2)6-5-7-15(19)3/h8-11,14-15,17,20H,4-7,12-13H2,1-3H3/p+1/t14-,15-,17-/m0/s1. The largest absolute Gasteiger partial charge is 0.491 e. The van der Waals surface area contributed by atoms with Crippen molar-refractivity contribution in [2.75, 3.05) is 13.2 Å². The molecule has 1 saturated heterocycles. The zero-order valence-corrected chi connectivity index (χ0v) is 13.6. The number of likely N-dealkylation sites (tertiary alicyclic amines) is 1. The molecule has 0 aliphatic carbocycles. The first-order valence-electron chi connectivity index (χ1n) is 8.35. The molecule has 21 heavy (non-hydrogen) atoms. The van der Waals surface area contributed by atoms with E-state index in [1.165, 1.54) is 29.7 Å². The minimum absolute atomic E-state index is 0.383. The van der Waals surface area contributed by atoms with E-state index in [-0.39, 0.29) is 0 Å². The molecule has 1 aromatic carbocycles. The van der Waals surface area contributed by atoms with Gasteiger partial charge in [0.25, 0.3) is 0 Å². The number of ether oxygens (including phenoxy) is 1. The second-order valence-corrected chi connectivity index (χ2v) is 6.47. The van der Waals surface area contributed by atoms with Crippen LogP contribution < -0.4 is 9.64 Å². The number of hydrogen-bond donors (Lipinski definition) is 2. The van der Waals surface area contributed by atoms with Gasteiger partial charge in [0, 0.05) is 0 Å². The number of aliphatic hydroxyl groups excluding tert-OH is 1. The van der Waals surface area contributed by atoms with E-state index < -0.39 is 6.10 Å². The summed E-state index contributed by atoms with van der Waals surface area (Å²) in [5.74, 6) is 0.848. The smallest absolute Gasteiger partial charge is 0.137 e. The van der Waals surface area contributed by atoms with Crippen molar-refractivity contribution in [1.82, 2.24) is 0 Å². The van der Waals surface area contributed by atoms with Crippen molar-refractivity contribution in [3.63, 3.8) is 0 Å². The molecule has 2 N–H and O–H groups in total. The summed E-state index contributed by atoms with van der Waals surface area (Å²) in [6, 6.07) is 9.44. The molecular formula is C18H30NO2+. The molecule has 3 heteroatoms. The van der Waals surface area contributed by atoms with Gasteiger partial charge < -0.3 is 14.7 Å². The molecule has 1 aromatic rings. The Morgan fingerprint density at radius 1 is 1.19 bits per heavy atom. The lowest BCUT2D eigenvalue weighted by atomic mass is 9.97. The van der Waals surface area contributed by atoms with Gasteiger partial charge in [-0.15, -0.1) is 0 Å². The van der Waals surface area contributed by atoms with E-state index in [0.29, 0.717) is 18.7 Å². The summed E-state index contributed by atoms with van der Waals surface area (Å²) in [4.78, 5) is 1.53. The Balaban J connectivity index is 1.79. The van der Waals surface area contributed by atoms with Crippen LogP contribution in [0.3, 0.4) is 0 Å². The van der Waals surface area contributed by atoms with Crippen LogP contribution in [0.25, 0.3) is 0 Å². The fourth-order valence-electron chi connectivity index (χ4n) is 3.33. The van der Waals surface area contributed by atoms with E-state index in [2.05, 4.69) is 32.9 Å². The molecule has 0 spiro atoms. The Kier molecular flexibility index (Phi) is 6.07. The summed E-state index contributed by atoms with van der Waals surface area (Å²) in [5, 5.41) is 10.3. The van der Waals surface area contributed by atoms with Gasteiger partial charge in [0.15, 0.2) is 0 Å². The van der Waals surface area contributed by atoms with Crippen molar-refractivity contribution in [3.05, 3.63) is 29.8 Å². The highest BCUT2D eigenvalue weighted by molar-refractivity contribution is 5.27. The van der Waals surface area contributed by atoms with Gasteiger partial charge in [0.2, 0.25) is 0 Å². The molecule has 1 fully saturated rings. The van der Waals surface area contributed by atoms with Gasteiger partial charge in [0.1, 0.15) is 25.0 Å². The molecule has 0 unspecified atom stereocenters. The topological polar surface area (TPSA) is 33.9 Å². The fourth-order valence-corrected chi connectivity index (χ4v) is 3.33. The Hall–Kier alpha value is -1.06. The molecule has 0 aromatic heterocycles. The minimum atomic E-state index is -0.395. The van der Waals surface area contributed by atoms with Crippen molar-refractivity contribution < 1.29 is 14.7 Å². The first kappa shape index (κ1) is 16.3. The predicted molar refractivity (Wildman–Crippen MR) is 85.9 cm³/mol. The van der Waals surface area contributed by atoms with Crippen LogP contribution in [-0.4, -0.2) is 36.4 Å². The van der Waals surface area contributed by atoms with Gasteiger partial charge in [-0.25, -0.2) is 0 Å². The van der Waals surface area contributed by atoms with Gasteiger partial charge in [0.05, 0.1) is 12.1 Å². The summed E-state index contributed by atoms with van der Waals surface area (Å²) >= 11 is 0. The van der Waals surface area contributed by atoms with Crippen LogP contribution in [0.5, 0.6) is 5.75 Å². The fraction of sp³-hybridized carbons (Fsp3) is 0.667. The zero-order valence-electron chi connectivity index (χ0n) is 13.6. The summed E-state index contributed by atoms with van der Waals surface area (Å²) in [5.41, 5.74) is 1.31. The number of benzene rings is 1. The van der Waals surface area contributed by atoms with E-state index in [9.17, 15) is 5.11 Å². The first-order chi connectivity index (χ1) is 10.1. The molecule has 0 amide bonds. The third-order valence-electron chi connectivity index (χ3n) is 4.79. The van der Waals surface area contributed by atoms with Crippen molar-refractivity contribution in [2.24, 2.45) is 0 Å². The maximum atomic E-state index is 10.3. The number of rotatable bonds is 6.